The molecule has 0 fully saturated rings. The van der Waals surface area contributed by atoms with Crippen LogP contribution in [0, 0.1) is 0 Å². The SMILES string of the molecule is [CH3][Ge]([CH3])([CH3])[c]1ccc2c(c1)oc1c(-c3nc4ccc(-c5ccccc5)nc4n3-c3ccccc3)cccc12. The van der Waals surface area contributed by atoms with Crippen molar-refractivity contribution in [2.75, 3.05) is 0 Å². The van der Waals surface area contributed by atoms with Crippen molar-refractivity contribution in [1.82, 2.24) is 14.5 Å². The number of hydrogen-bond donors (Lipinski definition) is 0. The molecule has 4 nitrogen and oxygen atoms in total. The number of para-hydroxylation sites is 2. The first kappa shape index (κ1) is 23.0. The van der Waals surface area contributed by atoms with E-state index in [1.165, 1.54) is 4.40 Å². The molecule has 0 atom stereocenters. The van der Waals surface area contributed by atoms with Crippen LogP contribution in [0.5, 0.6) is 0 Å². The molecular formula is C33H27GeN3O. The van der Waals surface area contributed by atoms with E-state index in [0.29, 0.717) is 0 Å². The topological polar surface area (TPSA) is 43.9 Å². The number of furan rings is 1. The van der Waals surface area contributed by atoms with Crippen molar-refractivity contribution in [3.63, 3.8) is 0 Å². The van der Waals surface area contributed by atoms with E-state index in [9.17, 15) is 0 Å². The number of nitrogens with zero attached hydrogens (tertiary/aromatic N) is 3. The summed E-state index contributed by atoms with van der Waals surface area (Å²) in [5.74, 6) is 8.05. The molecule has 0 saturated carbocycles. The Morgan fingerprint density at radius 2 is 1.45 bits per heavy atom. The first-order chi connectivity index (χ1) is 18.5. The average molecular weight is 554 g/mol. The van der Waals surface area contributed by atoms with Gasteiger partial charge in [-0.3, -0.25) is 0 Å². The Balaban J connectivity index is 1.51. The quantitative estimate of drug-likeness (QED) is 0.206. The van der Waals surface area contributed by atoms with Gasteiger partial charge in [0.1, 0.15) is 0 Å². The number of rotatable bonds is 4. The van der Waals surface area contributed by atoms with Gasteiger partial charge in [-0.2, -0.15) is 0 Å². The molecule has 38 heavy (non-hydrogen) atoms. The fourth-order valence-electron chi connectivity index (χ4n) is 5.17. The molecule has 0 amide bonds. The second-order valence-electron chi connectivity index (χ2n) is 10.8. The van der Waals surface area contributed by atoms with Gasteiger partial charge in [-0.05, 0) is 0 Å². The molecule has 7 rings (SSSR count). The van der Waals surface area contributed by atoms with Gasteiger partial charge in [0.25, 0.3) is 0 Å². The number of fused-ring (bicyclic) bond motifs is 4. The third-order valence-corrected chi connectivity index (χ3v) is 11.5. The van der Waals surface area contributed by atoms with E-state index >= 15 is 0 Å². The minimum atomic E-state index is -2.00. The Labute approximate surface area is 223 Å². The normalized spacial score (nSPS) is 12.1. The molecule has 0 aliphatic carbocycles. The standard InChI is InChI=1S/C33H27GeN3O/c1-34(2,3)23-17-18-25-26-15-10-16-27(31(26)38-30(25)21-23)32-36-29-20-19-28(22-11-6-4-7-12-22)35-33(29)37(32)24-13-8-5-9-14-24/h4-21H,1-3H3. The van der Waals surface area contributed by atoms with Gasteiger partial charge < -0.3 is 0 Å². The molecule has 0 bridgehead atoms. The van der Waals surface area contributed by atoms with Gasteiger partial charge >= 0.3 is 194 Å². The van der Waals surface area contributed by atoms with Crippen molar-refractivity contribution in [2.24, 2.45) is 0 Å². The molecule has 0 aliphatic rings. The summed E-state index contributed by atoms with van der Waals surface area (Å²) in [7, 11) is 0. The van der Waals surface area contributed by atoms with Crippen LogP contribution in [0.25, 0.3) is 61.4 Å². The monoisotopic (exact) mass is 555 g/mol. The second-order valence-corrected chi connectivity index (χ2v) is 21.4. The summed E-state index contributed by atoms with van der Waals surface area (Å²) in [6, 6.07) is 37.8. The van der Waals surface area contributed by atoms with Crippen LogP contribution in [0.1, 0.15) is 0 Å². The molecule has 5 heteroatoms. The Kier molecular flexibility index (Phi) is 5.27. The van der Waals surface area contributed by atoms with Crippen molar-refractivity contribution >= 4 is 50.8 Å². The molecule has 3 aromatic heterocycles. The van der Waals surface area contributed by atoms with Crippen LogP contribution in [-0.2, 0) is 0 Å². The second kappa shape index (κ2) is 8.71. The number of pyridine rings is 1. The Morgan fingerprint density at radius 3 is 2.21 bits per heavy atom. The third kappa shape index (κ3) is 3.75. The summed E-state index contributed by atoms with van der Waals surface area (Å²) in [5, 5.41) is 2.25. The van der Waals surface area contributed by atoms with Gasteiger partial charge in [-0.25, -0.2) is 0 Å². The molecule has 184 valence electrons. The van der Waals surface area contributed by atoms with Gasteiger partial charge in [0.05, 0.1) is 0 Å². The van der Waals surface area contributed by atoms with Crippen LogP contribution in [0.3, 0.4) is 0 Å². The van der Waals surface area contributed by atoms with Crippen LogP contribution >= 0.6 is 0 Å². The van der Waals surface area contributed by atoms with E-state index < -0.39 is 13.3 Å². The maximum absolute atomic E-state index is 6.61. The summed E-state index contributed by atoms with van der Waals surface area (Å²) < 4.78 is 10.2. The zero-order valence-corrected chi connectivity index (χ0v) is 23.7. The molecule has 4 aromatic carbocycles. The van der Waals surface area contributed by atoms with Gasteiger partial charge in [0.2, 0.25) is 0 Å². The van der Waals surface area contributed by atoms with E-state index in [0.717, 1.165) is 61.4 Å². The van der Waals surface area contributed by atoms with Crippen molar-refractivity contribution in [2.45, 2.75) is 17.3 Å². The van der Waals surface area contributed by atoms with Crippen LogP contribution in [0.4, 0.5) is 0 Å². The summed E-state index contributed by atoms with van der Waals surface area (Å²) in [4.78, 5) is 10.2. The number of benzene rings is 4. The zero-order valence-electron chi connectivity index (χ0n) is 21.6. The van der Waals surface area contributed by atoms with Crippen molar-refractivity contribution in [3.05, 3.63) is 109 Å². The number of hydrogen-bond acceptors (Lipinski definition) is 3. The summed E-state index contributed by atoms with van der Waals surface area (Å²) in [6.07, 6.45) is 0. The molecule has 0 saturated heterocycles. The van der Waals surface area contributed by atoms with Crippen LogP contribution in [0.15, 0.2) is 114 Å². The average Bonchev–Trinajstić information content (AvgIpc) is 3.51. The number of imidazole rings is 1. The van der Waals surface area contributed by atoms with Gasteiger partial charge in [0.15, 0.2) is 0 Å². The fourth-order valence-corrected chi connectivity index (χ4v) is 7.58. The molecule has 0 N–H and O–H groups in total. The predicted molar refractivity (Wildman–Crippen MR) is 160 cm³/mol. The van der Waals surface area contributed by atoms with E-state index in [1.54, 1.807) is 0 Å². The third-order valence-electron chi connectivity index (χ3n) is 7.19. The van der Waals surface area contributed by atoms with Gasteiger partial charge in [-0.15, -0.1) is 0 Å². The first-order valence-electron chi connectivity index (χ1n) is 12.9. The summed E-state index contributed by atoms with van der Waals surface area (Å²) in [5.41, 5.74) is 7.44. The summed E-state index contributed by atoms with van der Waals surface area (Å²) in [6.45, 7) is 0. The minimum absolute atomic E-state index is 0.822. The zero-order chi connectivity index (χ0) is 25.9. The maximum atomic E-state index is 6.61. The van der Waals surface area contributed by atoms with E-state index in [2.05, 4.69) is 88.6 Å². The Hall–Kier alpha value is -4.16. The van der Waals surface area contributed by atoms with E-state index in [4.69, 9.17) is 14.4 Å². The molecule has 0 aliphatic heterocycles. The molecule has 0 spiro atoms. The van der Waals surface area contributed by atoms with Gasteiger partial charge in [-0.1, -0.05) is 30.3 Å². The van der Waals surface area contributed by atoms with Crippen LogP contribution < -0.4 is 4.40 Å². The molecule has 7 aromatic rings. The van der Waals surface area contributed by atoms with E-state index in [-0.39, 0.29) is 0 Å². The number of aromatic nitrogens is 3. The fraction of sp³-hybridized carbons (Fsp3) is 0.0909. The van der Waals surface area contributed by atoms with Crippen LogP contribution in [-0.4, -0.2) is 27.8 Å². The molecule has 0 unspecified atom stereocenters. The van der Waals surface area contributed by atoms with Crippen molar-refractivity contribution in [3.8, 4) is 28.3 Å². The molecule has 0 radical (unpaired) electrons. The first-order valence-corrected chi connectivity index (χ1v) is 20.3. The molecule has 3 heterocycles. The van der Waals surface area contributed by atoms with Crippen molar-refractivity contribution < 1.29 is 4.42 Å². The Bertz CT molecular complexity index is 1950. The van der Waals surface area contributed by atoms with Crippen molar-refractivity contribution in [1.29, 1.82) is 0 Å². The predicted octanol–water partition coefficient (Wildman–Crippen LogP) is 8.20. The summed E-state index contributed by atoms with van der Waals surface area (Å²) >= 11 is -2.00. The van der Waals surface area contributed by atoms with Crippen LogP contribution in [0.2, 0.25) is 17.3 Å². The van der Waals surface area contributed by atoms with Gasteiger partial charge in [0, 0.05) is 0 Å². The Morgan fingerprint density at radius 1 is 0.684 bits per heavy atom. The molecular weight excluding hydrogens is 527 g/mol. The van der Waals surface area contributed by atoms with E-state index in [1.807, 2.05) is 42.5 Å².